The molecule has 1 unspecified atom stereocenters. The molecule has 0 aliphatic rings. The maximum absolute atomic E-state index is 13.1. The average molecular weight is 352 g/mol. The molecule has 3 N–H and O–H groups in total. The molecule has 0 bridgehead atoms. The van der Waals surface area contributed by atoms with Crippen LogP contribution in [0.25, 0.3) is 0 Å². The maximum Gasteiger partial charge on any atom is 0.395 e. The molecular weight excluding hydrogens is 339 g/mol. The second-order valence-electron chi connectivity index (χ2n) is 4.59. The van der Waals surface area contributed by atoms with Gasteiger partial charge in [0.1, 0.15) is 0 Å². The van der Waals surface area contributed by atoms with Gasteiger partial charge >= 0.3 is 29.7 Å². The van der Waals surface area contributed by atoms with Crippen LogP contribution in [0.1, 0.15) is 26.2 Å². The molecule has 0 fully saturated rings. The lowest BCUT2D eigenvalue weighted by Gasteiger charge is -2.39. The molecule has 0 aliphatic heterocycles. The molecule has 134 valence electrons. The van der Waals surface area contributed by atoms with Crippen molar-refractivity contribution < 1.29 is 54.8 Å². The molecular formula is C10H13F9O3. The first kappa shape index (κ1) is 21.2. The Morgan fingerprint density at radius 1 is 0.773 bits per heavy atom. The van der Waals surface area contributed by atoms with Crippen LogP contribution in [0, 0.1) is 0 Å². The second kappa shape index (κ2) is 6.04. The summed E-state index contributed by atoms with van der Waals surface area (Å²) < 4.78 is 117. The second-order valence-corrected chi connectivity index (χ2v) is 4.59. The number of unbranched alkanes of at least 4 members (excludes halogenated alkanes) is 1. The summed E-state index contributed by atoms with van der Waals surface area (Å²) >= 11 is 0. The molecule has 0 aromatic carbocycles. The van der Waals surface area contributed by atoms with E-state index in [2.05, 4.69) is 0 Å². The van der Waals surface area contributed by atoms with Gasteiger partial charge in [0.05, 0.1) is 0 Å². The van der Waals surface area contributed by atoms with Gasteiger partial charge in [-0.3, -0.25) is 0 Å². The van der Waals surface area contributed by atoms with E-state index >= 15 is 0 Å². The molecule has 0 amide bonds. The quantitative estimate of drug-likeness (QED) is 0.465. The van der Waals surface area contributed by atoms with Crippen molar-refractivity contribution in [2.45, 2.75) is 62.0 Å². The molecule has 22 heavy (non-hydrogen) atoms. The summed E-state index contributed by atoms with van der Waals surface area (Å²) in [6.07, 6.45) is -5.60. The lowest BCUT2D eigenvalue weighted by Crippen LogP contribution is -2.70. The van der Waals surface area contributed by atoms with Gasteiger partial charge in [-0.15, -0.1) is 0 Å². The minimum Gasteiger partial charge on any atom is -0.339 e. The van der Waals surface area contributed by atoms with Gasteiger partial charge in [0, 0.05) is 0 Å². The molecule has 0 aliphatic carbocycles. The summed E-state index contributed by atoms with van der Waals surface area (Å²) in [6.45, 7) is 1.34. The summed E-state index contributed by atoms with van der Waals surface area (Å²) in [7, 11) is 0. The van der Waals surface area contributed by atoms with Gasteiger partial charge in [0.25, 0.3) is 0 Å². The molecule has 0 aromatic rings. The highest BCUT2D eigenvalue weighted by atomic mass is 19.4. The van der Waals surface area contributed by atoms with Gasteiger partial charge in [0.15, 0.2) is 6.17 Å². The Hall–Kier alpha value is -0.750. The van der Waals surface area contributed by atoms with Crippen molar-refractivity contribution in [3.63, 3.8) is 0 Å². The zero-order valence-corrected chi connectivity index (χ0v) is 10.9. The van der Waals surface area contributed by atoms with Gasteiger partial charge in [-0.2, -0.15) is 35.1 Å². The van der Waals surface area contributed by atoms with E-state index in [9.17, 15) is 39.5 Å². The number of hydrogen-bond acceptors (Lipinski definition) is 3. The first-order valence-electron chi connectivity index (χ1n) is 5.80. The summed E-state index contributed by atoms with van der Waals surface area (Å²) in [5.74, 6) is -33.0. The summed E-state index contributed by atoms with van der Waals surface area (Å²) in [5.41, 5.74) is 0. The van der Waals surface area contributed by atoms with E-state index in [4.69, 9.17) is 15.3 Å². The van der Waals surface area contributed by atoms with E-state index < -0.39 is 48.7 Å². The molecule has 0 heterocycles. The van der Waals surface area contributed by atoms with Gasteiger partial charge < -0.3 is 15.3 Å². The molecule has 0 rings (SSSR count). The topological polar surface area (TPSA) is 60.7 Å². The highest BCUT2D eigenvalue weighted by molar-refractivity contribution is 5.07. The van der Waals surface area contributed by atoms with E-state index in [1.165, 1.54) is 6.92 Å². The molecule has 0 saturated carbocycles. The van der Waals surface area contributed by atoms with Crippen LogP contribution in [-0.2, 0) is 0 Å². The van der Waals surface area contributed by atoms with Crippen molar-refractivity contribution in [2.75, 3.05) is 0 Å². The van der Waals surface area contributed by atoms with E-state index in [0.717, 1.165) is 0 Å². The standard InChI is InChI=1S/C10H13F9O3/c1-2-3-4-5(11)6(12,13)7(14,15)8(16,17)9(18,19)10(20,21)22/h5,20-22H,2-4H2,1H3. The lowest BCUT2D eigenvalue weighted by molar-refractivity contribution is -0.479. The molecule has 0 radical (unpaired) electrons. The lowest BCUT2D eigenvalue weighted by atomic mass is 9.92. The summed E-state index contributed by atoms with van der Waals surface area (Å²) in [4.78, 5) is 0. The molecule has 0 saturated heterocycles. The van der Waals surface area contributed by atoms with Crippen LogP contribution in [0.4, 0.5) is 39.5 Å². The van der Waals surface area contributed by atoms with Crippen molar-refractivity contribution in [3.8, 4) is 0 Å². The predicted octanol–water partition coefficient (Wildman–Crippen LogP) is 2.69. The third-order valence-corrected chi connectivity index (χ3v) is 2.83. The number of rotatable bonds is 8. The number of alkyl halides is 9. The van der Waals surface area contributed by atoms with Crippen molar-refractivity contribution in [2.24, 2.45) is 0 Å². The van der Waals surface area contributed by atoms with Crippen molar-refractivity contribution in [3.05, 3.63) is 0 Å². The van der Waals surface area contributed by atoms with Crippen LogP contribution >= 0.6 is 0 Å². The van der Waals surface area contributed by atoms with Crippen LogP contribution in [0.5, 0.6) is 0 Å². The predicted molar refractivity (Wildman–Crippen MR) is 53.6 cm³/mol. The smallest absolute Gasteiger partial charge is 0.339 e. The van der Waals surface area contributed by atoms with E-state index in [0.29, 0.717) is 0 Å². The Balaban J connectivity index is 5.78. The molecule has 3 nitrogen and oxygen atoms in total. The van der Waals surface area contributed by atoms with Crippen molar-refractivity contribution in [1.82, 2.24) is 0 Å². The fourth-order valence-electron chi connectivity index (χ4n) is 1.38. The van der Waals surface area contributed by atoms with Gasteiger partial charge in [-0.1, -0.05) is 19.8 Å². The summed E-state index contributed by atoms with van der Waals surface area (Å²) in [6, 6.07) is 0. The Morgan fingerprint density at radius 3 is 1.50 bits per heavy atom. The van der Waals surface area contributed by atoms with E-state index in [1.54, 1.807) is 0 Å². The largest absolute Gasteiger partial charge is 0.395 e. The Labute approximate surface area is 118 Å². The maximum atomic E-state index is 13.1. The van der Waals surface area contributed by atoms with Crippen LogP contribution in [0.2, 0.25) is 0 Å². The third-order valence-electron chi connectivity index (χ3n) is 2.83. The molecule has 12 heteroatoms. The molecule has 0 spiro atoms. The zero-order chi connectivity index (χ0) is 18.2. The Morgan fingerprint density at radius 2 is 1.18 bits per heavy atom. The third kappa shape index (κ3) is 3.13. The number of hydrogen-bond donors (Lipinski definition) is 3. The van der Waals surface area contributed by atoms with Crippen LogP contribution in [0.3, 0.4) is 0 Å². The van der Waals surface area contributed by atoms with Crippen molar-refractivity contribution in [1.29, 1.82) is 0 Å². The van der Waals surface area contributed by atoms with Crippen LogP contribution in [-0.4, -0.2) is 51.2 Å². The fourth-order valence-corrected chi connectivity index (χ4v) is 1.38. The fraction of sp³-hybridized carbons (Fsp3) is 1.00. The number of halogens is 9. The first-order chi connectivity index (χ1) is 9.48. The highest BCUT2D eigenvalue weighted by Gasteiger charge is 2.86. The first-order valence-corrected chi connectivity index (χ1v) is 5.80. The summed E-state index contributed by atoms with van der Waals surface area (Å²) in [5, 5.41) is 24.0. The molecule has 0 aromatic heterocycles. The van der Waals surface area contributed by atoms with Gasteiger partial charge in [-0.25, -0.2) is 4.39 Å². The van der Waals surface area contributed by atoms with E-state index in [1.807, 2.05) is 0 Å². The van der Waals surface area contributed by atoms with Crippen LogP contribution < -0.4 is 0 Å². The zero-order valence-electron chi connectivity index (χ0n) is 10.9. The Bertz CT molecular complexity index is 378. The van der Waals surface area contributed by atoms with Crippen molar-refractivity contribution >= 4 is 0 Å². The van der Waals surface area contributed by atoms with E-state index in [-0.39, 0.29) is 6.42 Å². The average Bonchev–Trinajstić information content (AvgIpc) is 2.33. The minimum atomic E-state index is -7.17. The van der Waals surface area contributed by atoms with Gasteiger partial charge in [0.2, 0.25) is 0 Å². The SMILES string of the molecule is CCCCC(F)C(F)(F)C(F)(F)C(F)(F)C(F)(F)C(O)(O)O. The normalized spacial score (nSPS) is 16.8. The minimum absolute atomic E-state index is 0.0294. The monoisotopic (exact) mass is 352 g/mol. The highest BCUT2D eigenvalue weighted by Crippen LogP contribution is 2.56. The van der Waals surface area contributed by atoms with Gasteiger partial charge in [-0.05, 0) is 6.42 Å². The Kier molecular flexibility index (Phi) is 5.83. The number of aliphatic hydroxyl groups is 3. The van der Waals surface area contributed by atoms with Crippen LogP contribution in [0.15, 0.2) is 0 Å². The molecule has 1 atom stereocenters.